The van der Waals surface area contributed by atoms with E-state index in [9.17, 15) is 4.79 Å². The smallest absolute Gasteiger partial charge is 0.236 e. The van der Waals surface area contributed by atoms with Crippen molar-refractivity contribution in [2.45, 2.75) is 52.4 Å². The molecule has 7 nitrogen and oxygen atoms in total. The summed E-state index contributed by atoms with van der Waals surface area (Å²) in [6.07, 6.45) is 5.76. The van der Waals surface area contributed by atoms with Crippen molar-refractivity contribution >= 4 is 33.1 Å². The highest BCUT2D eigenvalue weighted by Crippen LogP contribution is 2.45. The van der Waals surface area contributed by atoms with Crippen molar-refractivity contribution in [2.75, 3.05) is 33.7 Å². The molecule has 1 amide bonds. The number of aryl methyl sites for hydroxylation is 2. The Bertz CT molecular complexity index is 1350. The van der Waals surface area contributed by atoms with Crippen LogP contribution in [0.2, 0.25) is 0 Å². The van der Waals surface area contributed by atoms with Crippen LogP contribution in [0.25, 0.3) is 27.1 Å². The van der Waals surface area contributed by atoms with E-state index in [4.69, 9.17) is 0 Å². The highest BCUT2D eigenvalue weighted by molar-refractivity contribution is 7.19. The molecule has 1 fully saturated rings. The molecule has 0 bridgehead atoms. The average Bonchev–Trinajstić information content (AvgIpc) is 3.48. The second kappa shape index (κ2) is 8.82. The lowest BCUT2D eigenvalue weighted by molar-refractivity contribution is -0.132. The van der Waals surface area contributed by atoms with Gasteiger partial charge in [-0.3, -0.25) is 4.79 Å². The Hall–Kier alpha value is -2.71. The first-order valence-electron chi connectivity index (χ1n) is 12.1. The molecule has 1 aliphatic rings. The van der Waals surface area contributed by atoms with Gasteiger partial charge in [0, 0.05) is 35.1 Å². The van der Waals surface area contributed by atoms with Crippen LogP contribution in [0.15, 0.2) is 18.6 Å². The normalized spacial score (nSPS) is 15.5. The number of aromatic amines is 1. The van der Waals surface area contributed by atoms with E-state index in [0.717, 1.165) is 42.7 Å². The maximum atomic E-state index is 12.5. The summed E-state index contributed by atoms with van der Waals surface area (Å²) in [5, 5.41) is 5.75. The zero-order valence-corrected chi connectivity index (χ0v) is 21.8. The van der Waals surface area contributed by atoms with E-state index in [0.29, 0.717) is 18.4 Å². The lowest BCUT2D eigenvalue weighted by atomic mass is 9.90. The Balaban J connectivity index is 1.48. The van der Waals surface area contributed by atoms with Crippen LogP contribution < -0.4 is 0 Å². The molecule has 1 saturated heterocycles. The Morgan fingerprint density at radius 2 is 2.00 bits per heavy atom. The third kappa shape index (κ3) is 3.92. The van der Waals surface area contributed by atoms with Crippen molar-refractivity contribution < 1.29 is 4.79 Å². The molecule has 0 atom stereocenters. The number of likely N-dealkylation sites (tertiary alicyclic amines) is 1. The Morgan fingerprint density at radius 1 is 1.26 bits per heavy atom. The standard InChI is InChI=1S/C26H34N6OS/c1-15(2)21-22-17(4)24(18-7-9-31(10-8-18)20(33)13-30(5)6)34-26(22)29-23(21)19-11-16(3)25-27-14-28-32(25)12-19/h11-12,14-15,18,29H,7-10,13H2,1-6H3. The molecule has 0 spiro atoms. The van der Waals surface area contributed by atoms with E-state index in [1.54, 1.807) is 6.33 Å². The summed E-state index contributed by atoms with van der Waals surface area (Å²) in [5.41, 5.74) is 7.15. The third-order valence-corrected chi connectivity index (χ3v) is 8.43. The summed E-state index contributed by atoms with van der Waals surface area (Å²) in [7, 11) is 3.90. The summed E-state index contributed by atoms with van der Waals surface area (Å²) in [4.78, 5) is 27.3. The van der Waals surface area contributed by atoms with Crippen molar-refractivity contribution in [3.8, 4) is 11.3 Å². The van der Waals surface area contributed by atoms with Gasteiger partial charge in [-0.25, -0.2) is 9.50 Å². The van der Waals surface area contributed by atoms with Gasteiger partial charge in [-0.2, -0.15) is 5.10 Å². The molecular formula is C26H34N6OS. The number of amides is 1. The largest absolute Gasteiger partial charge is 0.346 e. The van der Waals surface area contributed by atoms with Crippen LogP contribution in [0, 0.1) is 13.8 Å². The lowest BCUT2D eigenvalue weighted by Gasteiger charge is -2.32. The highest BCUT2D eigenvalue weighted by atomic mass is 32.1. The van der Waals surface area contributed by atoms with Crippen LogP contribution in [0.5, 0.6) is 0 Å². The van der Waals surface area contributed by atoms with E-state index in [1.165, 1.54) is 31.9 Å². The second-order valence-corrected chi connectivity index (χ2v) is 11.2. The SMILES string of the molecule is Cc1c(C2CCN(C(=O)CN(C)C)CC2)sc2[nH]c(-c3cc(C)c4ncnn4c3)c(C(C)C)c12. The zero-order valence-electron chi connectivity index (χ0n) is 21.0. The highest BCUT2D eigenvalue weighted by Gasteiger charge is 2.29. The summed E-state index contributed by atoms with van der Waals surface area (Å²) < 4.78 is 1.87. The molecule has 4 aromatic heterocycles. The van der Waals surface area contributed by atoms with E-state index >= 15 is 0 Å². The quantitative estimate of drug-likeness (QED) is 0.441. The molecule has 5 heterocycles. The number of hydrogen-bond donors (Lipinski definition) is 1. The second-order valence-electron chi connectivity index (χ2n) is 10.2. The van der Waals surface area contributed by atoms with Gasteiger partial charge in [-0.15, -0.1) is 11.3 Å². The van der Waals surface area contributed by atoms with Crippen molar-refractivity contribution in [2.24, 2.45) is 0 Å². The fourth-order valence-electron chi connectivity index (χ4n) is 5.44. The van der Waals surface area contributed by atoms with Gasteiger partial charge >= 0.3 is 0 Å². The summed E-state index contributed by atoms with van der Waals surface area (Å²) in [5.74, 6) is 1.15. The fraction of sp³-hybridized carbons (Fsp3) is 0.500. The number of nitrogens with zero attached hydrogens (tertiary/aromatic N) is 5. The molecule has 180 valence electrons. The molecule has 8 heteroatoms. The third-order valence-electron chi connectivity index (χ3n) is 7.06. The van der Waals surface area contributed by atoms with Gasteiger partial charge in [0.05, 0.1) is 12.2 Å². The number of likely N-dealkylation sites (N-methyl/N-ethyl adjacent to an activating group) is 1. The zero-order chi connectivity index (χ0) is 24.1. The first kappa shape index (κ1) is 23.1. The van der Waals surface area contributed by atoms with E-state index in [1.807, 2.05) is 39.7 Å². The number of thiophene rings is 1. The van der Waals surface area contributed by atoms with Crippen LogP contribution in [0.1, 0.15) is 60.1 Å². The maximum absolute atomic E-state index is 12.5. The van der Waals surface area contributed by atoms with Crippen molar-refractivity contribution in [3.05, 3.63) is 40.2 Å². The number of nitrogens with one attached hydrogen (secondary N) is 1. The first-order valence-corrected chi connectivity index (χ1v) is 12.9. The number of piperidine rings is 1. The summed E-state index contributed by atoms with van der Waals surface area (Å²) >= 11 is 1.91. The molecule has 1 N–H and O–H groups in total. The molecule has 0 aliphatic carbocycles. The molecular weight excluding hydrogens is 444 g/mol. The van der Waals surface area contributed by atoms with Gasteiger partial charge in [0.2, 0.25) is 5.91 Å². The number of hydrogen-bond acceptors (Lipinski definition) is 5. The van der Waals surface area contributed by atoms with Crippen LogP contribution >= 0.6 is 11.3 Å². The number of fused-ring (bicyclic) bond motifs is 2. The Kier molecular flexibility index (Phi) is 5.98. The Morgan fingerprint density at radius 3 is 2.68 bits per heavy atom. The van der Waals surface area contributed by atoms with Gasteiger partial charge in [0.25, 0.3) is 0 Å². The van der Waals surface area contributed by atoms with E-state index < -0.39 is 0 Å². The fourth-order valence-corrected chi connectivity index (χ4v) is 6.83. The van der Waals surface area contributed by atoms with Gasteiger partial charge in [-0.1, -0.05) is 13.8 Å². The number of pyridine rings is 1. The van der Waals surface area contributed by atoms with Crippen molar-refractivity contribution in [1.82, 2.24) is 29.4 Å². The van der Waals surface area contributed by atoms with Crippen LogP contribution in [-0.4, -0.2) is 69.0 Å². The van der Waals surface area contributed by atoms with Crippen LogP contribution in [0.3, 0.4) is 0 Å². The van der Waals surface area contributed by atoms with Crippen LogP contribution in [-0.2, 0) is 4.79 Å². The molecule has 4 aromatic rings. The molecule has 0 radical (unpaired) electrons. The molecule has 5 rings (SSSR count). The predicted octanol–water partition coefficient (Wildman–Crippen LogP) is 4.95. The van der Waals surface area contributed by atoms with E-state index in [-0.39, 0.29) is 5.91 Å². The lowest BCUT2D eigenvalue weighted by Crippen LogP contribution is -2.42. The van der Waals surface area contributed by atoms with Gasteiger partial charge in [-0.05, 0) is 75.4 Å². The number of aromatic nitrogens is 4. The number of H-pyrrole nitrogens is 1. The Labute approximate surface area is 204 Å². The monoisotopic (exact) mass is 478 g/mol. The topological polar surface area (TPSA) is 69.5 Å². The first-order chi connectivity index (χ1) is 16.2. The van der Waals surface area contributed by atoms with Gasteiger partial charge in [0.15, 0.2) is 5.65 Å². The minimum absolute atomic E-state index is 0.241. The minimum Gasteiger partial charge on any atom is -0.346 e. The average molecular weight is 479 g/mol. The van der Waals surface area contributed by atoms with Gasteiger partial charge in [0.1, 0.15) is 11.2 Å². The number of carbonyl (C=O) groups is 1. The molecule has 0 unspecified atom stereocenters. The van der Waals surface area contributed by atoms with Crippen molar-refractivity contribution in [3.63, 3.8) is 0 Å². The predicted molar refractivity (Wildman–Crippen MR) is 139 cm³/mol. The van der Waals surface area contributed by atoms with Gasteiger partial charge < -0.3 is 14.8 Å². The minimum atomic E-state index is 0.241. The summed E-state index contributed by atoms with van der Waals surface area (Å²) in [6, 6.07) is 2.21. The molecule has 0 saturated carbocycles. The molecule has 0 aromatic carbocycles. The van der Waals surface area contributed by atoms with Crippen molar-refractivity contribution in [1.29, 1.82) is 0 Å². The molecule has 34 heavy (non-hydrogen) atoms. The number of rotatable bonds is 5. The van der Waals surface area contributed by atoms with E-state index in [2.05, 4.69) is 55.0 Å². The number of carbonyl (C=O) groups excluding carboxylic acids is 1. The van der Waals surface area contributed by atoms with Crippen LogP contribution in [0.4, 0.5) is 0 Å². The maximum Gasteiger partial charge on any atom is 0.236 e. The summed E-state index contributed by atoms with van der Waals surface area (Å²) in [6.45, 7) is 11.1. The molecule has 1 aliphatic heterocycles.